The summed E-state index contributed by atoms with van der Waals surface area (Å²) in [6, 6.07) is 10.5. The van der Waals surface area contributed by atoms with Crippen LogP contribution in [0.25, 0.3) is 0 Å². The number of hydrogen-bond donors (Lipinski definition) is 3. The molecule has 0 bridgehead atoms. The van der Waals surface area contributed by atoms with E-state index >= 15 is 0 Å². The average Bonchev–Trinajstić information content (AvgIpc) is 3.05. The zero-order valence-corrected chi connectivity index (χ0v) is 15.7. The summed E-state index contributed by atoms with van der Waals surface area (Å²) in [6.07, 6.45) is 7.16. The normalized spacial score (nSPS) is 14.2. The van der Waals surface area contributed by atoms with Crippen molar-refractivity contribution in [2.75, 3.05) is 20.1 Å². The largest absolute Gasteiger partial charge is 0.354 e. The minimum absolute atomic E-state index is 0. The summed E-state index contributed by atoms with van der Waals surface area (Å²) < 4.78 is 0. The van der Waals surface area contributed by atoms with Gasteiger partial charge >= 0.3 is 0 Å². The first-order chi connectivity index (χ1) is 10.8. The van der Waals surface area contributed by atoms with Gasteiger partial charge in [-0.25, -0.2) is 0 Å². The van der Waals surface area contributed by atoms with E-state index in [4.69, 9.17) is 0 Å². The van der Waals surface area contributed by atoms with Crippen LogP contribution in [0.4, 0.5) is 0 Å². The fourth-order valence-electron chi connectivity index (χ4n) is 2.34. The zero-order chi connectivity index (χ0) is 15.6. The molecule has 6 heteroatoms. The summed E-state index contributed by atoms with van der Waals surface area (Å²) in [5.74, 6) is 0.648. The molecule has 1 amide bonds. The van der Waals surface area contributed by atoms with E-state index in [9.17, 15) is 4.79 Å². The first-order valence-corrected chi connectivity index (χ1v) is 7.70. The third-order valence-corrected chi connectivity index (χ3v) is 3.57. The average molecular weight is 428 g/mol. The van der Waals surface area contributed by atoms with Gasteiger partial charge in [0.15, 0.2) is 5.96 Å². The summed E-state index contributed by atoms with van der Waals surface area (Å²) >= 11 is 0. The SMILES string of the molecule is CN=C(NCC(=O)NCCc1ccccc1)NC1CC=CC1.I. The molecular weight excluding hydrogens is 403 g/mol. The Morgan fingerprint density at radius 1 is 1.17 bits per heavy atom. The van der Waals surface area contributed by atoms with Gasteiger partial charge in [0.2, 0.25) is 5.91 Å². The molecule has 0 aliphatic heterocycles. The third-order valence-electron chi connectivity index (χ3n) is 3.57. The van der Waals surface area contributed by atoms with Gasteiger partial charge in [0, 0.05) is 19.6 Å². The van der Waals surface area contributed by atoms with Crippen LogP contribution in [0.15, 0.2) is 47.5 Å². The van der Waals surface area contributed by atoms with Crippen LogP contribution < -0.4 is 16.0 Å². The smallest absolute Gasteiger partial charge is 0.239 e. The molecule has 0 saturated carbocycles. The van der Waals surface area contributed by atoms with Gasteiger partial charge in [0.1, 0.15) is 0 Å². The van der Waals surface area contributed by atoms with E-state index in [1.165, 1.54) is 5.56 Å². The van der Waals surface area contributed by atoms with Crippen molar-refractivity contribution in [1.82, 2.24) is 16.0 Å². The summed E-state index contributed by atoms with van der Waals surface area (Å²) in [6.45, 7) is 0.873. The number of nitrogens with one attached hydrogen (secondary N) is 3. The van der Waals surface area contributed by atoms with E-state index in [2.05, 4.69) is 45.2 Å². The molecule has 0 radical (unpaired) electrons. The van der Waals surface area contributed by atoms with Gasteiger partial charge in [-0.1, -0.05) is 42.5 Å². The monoisotopic (exact) mass is 428 g/mol. The van der Waals surface area contributed by atoms with Gasteiger partial charge in [0.25, 0.3) is 0 Å². The summed E-state index contributed by atoms with van der Waals surface area (Å²) in [5.41, 5.74) is 1.22. The molecule has 0 heterocycles. The molecule has 1 aliphatic rings. The Bertz CT molecular complexity index is 523. The highest BCUT2D eigenvalue weighted by Crippen LogP contribution is 2.08. The molecule has 126 valence electrons. The lowest BCUT2D eigenvalue weighted by molar-refractivity contribution is -0.119. The lowest BCUT2D eigenvalue weighted by atomic mass is 10.1. The highest BCUT2D eigenvalue weighted by atomic mass is 127. The van der Waals surface area contributed by atoms with Crippen LogP contribution >= 0.6 is 24.0 Å². The van der Waals surface area contributed by atoms with E-state index in [0.29, 0.717) is 18.5 Å². The van der Waals surface area contributed by atoms with Gasteiger partial charge in [-0.2, -0.15) is 0 Å². The fraction of sp³-hybridized carbons (Fsp3) is 0.412. The highest BCUT2D eigenvalue weighted by Gasteiger charge is 2.12. The first kappa shape index (κ1) is 19.5. The van der Waals surface area contributed by atoms with Gasteiger partial charge in [0.05, 0.1) is 6.54 Å². The summed E-state index contributed by atoms with van der Waals surface area (Å²) in [5, 5.41) is 9.25. The number of nitrogens with zero attached hydrogens (tertiary/aromatic N) is 1. The van der Waals surface area contributed by atoms with Crippen molar-refractivity contribution in [2.45, 2.75) is 25.3 Å². The van der Waals surface area contributed by atoms with Crippen molar-refractivity contribution >= 4 is 35.8 Å². The van der Waals surface area contributed by atoms with Crippen LogP contribution in [-0.2, 0) is 11.2 Å². The van der Waals surface area contributed by atoms with E-state index in [1.54, 1.807) is 7.05 Å². The van der Waals surface area contributed by atoms with Crippen LogP contribution in [-0.4, -0.2) is 38.0 Å². The van der Waals surface area contributed by atoms with Crippen LogP contribution in [0, 0.1) is 0 Å². The molecule has 1 aromatic carbocycles. The zero-order valence-electron chi connectivity index (χ0n) is 13.4. The second-order valence-corrected chi connectivity index (χ2v) is 5.30. The molecule has 0 saturated heterocycles. The van der Waals surface area contributed by atoms with E-state index in [-0.39, 0.29) is 36.4 Å². The summed E-state index contributed by atoms with van der Waals surface area (Å²) in [4.78, 5) is 16.0. The lowest BCUT2D eigenvalue weighted by Gasteiger charge is -2.16. The number of hydrogen-bond acceptors (Lipinski definition) is 2. The van der Waals surface area contributed by atoms with Crippen molar-refractivity contribution in [3.8, 4) is 0 Å². The second-order valence-electron chi connectivity index (χ2n) is 5.30. The number of carbonyl (C=O) groups excluding carboxylic acids is 1. The molecule has 0 fully saturated rings. The highest BCUT2D eigenvalue weighted by molar-refractivity contribution is 14.0. The maximum atomic E-state index is 11.8. The Kier molecular flexibility index (Phi) is 9.35. The van der Waals surface area contributed by atoms with Gasteiger partial charge < -0.3 is 16.0 Å². The lowest BCUT2D eigenvalue weighted by Crippen LogP contribution is -2.46. The van der Waals surface area contributed by atoms with Crippen molar-refractivity contribution in [3.63, 3.8) is 0 Å². The predicted octanol–water partition coefficient (Wildman–Crippen LogP) is 1.85. The standard InChI is InChI=1S/C17H24N4O.HI/c1-18-17(21-15-9-5-6-10-15)20-13-16(22)19-12-11-14-7-3-2-4-8-14;/h2-8,15H,9-13H2,1H3,(H,19,22)(H2,18,20,21);1H. The maximum absolute atomic E-state index is 11.8. The number of benzene rings is 1. The number of guanidine groups is 1. The van der Waals surface area contributed by atoms with Crippen molar-refractivity contribution in [3.05, 3.63) is 48.0 Å². The minimum atomic E-state index is -0.0246. The van der Waals surface area contributed by atoms with Crippen LogP contribution in [0.1, 0.15) is 18.4 Å². The molecule has 5 nitrogen and oxygen atoms in total. The molecule has 3 N–H and O–H groups in total. The third kappa shape index (κ3) is 7.49. The molecule has 0 aromatic heterocycles. The quantitative estimate of drug-likeness (QED) is 0.281. The Labute approximate surface area is 155 Å². The second kappa shape index (κ2) is 11.0. The Morgan fingerprint density at radius 3 is 2.52 bits per heavy atom. The van der Waals surface area contributed by atoms with Gasteiger partial charge in [-0.3, -0.25) is 9.79 Å². The van der Waals surface area contributed by atoms with E-state index in [0.717, 1.165) is 19.3 Å². The Hall–Kier alpha value is -1.57. The molecule has 0 unspecified atom stereocenters. The van der Waals surface area contributed by atoms with Crippen LogP contribution in [0.3, 0.4) is 0 Å². The Balaban J connectivity index is 0.00000264. The van der Waals surface area contributed by atoms with E-state index < -0.39 is 0 Å². The van der Waals surface area contributed by atoms with Crippen molar-refractivity contribution < 1.29 is 4.79 Å². The molecule has 0 atom stereocenters. The number of halogens is 1. The van der Waals surface area contributed by atoms with Crippen LogP contribution in [0.5, 0.6) is 0 Å². The van der Waals surface area contributed by atoms with Gasteiger partial charge in [-0.05, 0) is 24.8 Å². The molecule has 0 spiro atoms. The Morgan fingerprint density at radius 2 is 1.87 bits per heavy atom. The number of amides is 1. The molecule has 23 heavy (non-hydrogen) atoms. The first-order valence-electron chi connectivity index (χ1n) is 7.70. The maximum Gasteiger partial charge on any atom is 0.239 e. The number of aliphatic imine (C=N–C) groups is 1. The molecular formula is C17H25IN4O. The number of carbonyl (C=O) groups is 1. The van der Waals surface area contributed by atoms with Crippen molar-refractivity contribution in [1.29, 1.82) is 0 Å². The molecule has 1 aliphatic carbocycles. The molecule has 2 rings (SSSR count). The predicted molar refractivity (Wildman–Crippen MR) is 105 cm³/mol. The van der Waals surface area contributed by atoms with E-state index in [1.807, 2.05) is 18.2 Å². The fourth-order valence-corrected chi connectivity index (χ4v) is 2.34. The summed E-state index contributed by atoms with van der Waals surface area (Å²) in [7, 11) is 1.71. The van der Waals surface area contributed by atoms with Crippen LogP contribution in [0.2, 0.25) is 0 Å². The number of rotatable bonds is 6. The minimum Gasteiger partial charge on any atom is -0.354 e. The van der Waals surface area contributed by atoms with Crippen molar-refractivity contribution in [2.24, 2.45) is 4.99 Å². The molecule has 1 aromatic rings. The van der Waals surface area contributed by atoms with Gasteiger partial charge in [-0.15, -0.1) is 24.0 Å². The topological polar surface area (TPSA) is 65.5 Å².